The molecule has 0 aromatic carbocycles. The van der Waals surface area contributed by atoms with Gasteiger partial charge in [0.15, 0.2) is 0 Å². The van der Waals surface area contributed by atoms with Gasteiger partial charge in [0.1, 0.15) is 0 Å². The van der Waals surface area contributed by atoms with Gasteiger partial charge >= 0.3 is 0 Å². The minimum Gasteiger partial charge on any atom is -0.356 e. The zero-order valence-electron chi connectivity index (χ0n) is 12.5. The van der Waals surface area contributed by atoms with E-state index in [1.54, 1.807) is 0 Å². The lowest BCUT2D eigenvalue weighted by Crippen LogP contribution is -2.39. The molecule has 4 heteroatoms. The Balaban J connectivity index is 3.73. The first-order chi connectivity index (χ1) is 8.52. The molecule has 0 aliphatic carbocycles. The average Bonchev–Trinajstić information content (AvgIpc) is 2.33. The quantitative estimate of drug-likeness (QED) is 0.584. The fourth-order valence-corrected chi connectivity index (χ4v) is 1.88. The second-order valence-corrected chi connectivity index (χ2v) is 5.13. The number of amides is 1. The fourth-order valence-electron chi connectivity index (χ4n) is 1.88. The number of rotatable bonds is 10. The highest BCUT2D eigenvalue weighted by molar-refractivity contribution is 5.78. The molecule has 0 saturated heterocycles. The molecule has 0 aromatic rings. The van der Waals surface area contributed by atoms with Gasteiger partial charge in [-0.2, -0.15) is 0 Å². The monoisotopic (exact) mass is 257 g/mol. The third kappa shape index (κ3) is 7.67. The van der Waals surface area contributed by atoms with Crippen LogP contribution in [0.4, 0.5) is 0 Å². The molecule has 0 spiro atoms. The molecule has 0 bridgehead atoms. The number of nitrogens with one attached hydrogen (secondary N) is 1. The van der Waals surface area contributed by atoms with Crippen molar-refractivity contribution in [3.05, 3.63) is 0 Å². The number of hydrogen-bond acceptors (Lipinski definition) is 3. The number of carbonyl (C=O) groups excluding carboxylic acids is 1. The van der Waals surface area contributed by atoms with Gasteiger partial charge in [0, 0.05) is 18.5 Å². The molecule has 2 unspecified atom stereocenters. The third-order valence-corrected chi connectivity index (χ3v) is 3.23. The Kier molecular flexibility index (Phi) is 9.98. The SMILES string of the molecule is CCCN(CCC)CCCNC(=O)C(C)C(C)N. The Morgan fingerprint density at radius 2 is 1.72 bits per heavy atom. The molecule has 0 rings (SSSR count). The first-order valence-corrected chi connectivity index (χ1v) is 7.28. The summed E-state index contributed by atoms with van der Waals surface area (Å²) in [5, 5.41) is 2.96. The summed E-state index contributed by atoms with van der Waals surface area (Å²) in [5.74, 6) is -0.0325. The average molecular weight is 257 g/mol. The second kappa shape index (κ2) is 10.3. The summed E-state index contributed by atoms with van der Waals surface area (Å²) < 4.78 is 0. The summed E-state index contributed by atoms with van der Waals surface area (Å²) >= 11 is 0. The van der Waals surface area contributed by atoms with Crippen LogP contribution in [0.2, 0.25) is 0 Å². The molecule has 2 atom stereocenters. The van der Waals surface area contributed by atoms with Gasteiger partial charge in [-0.05, 0) is 45.8 Å². The standard InChI is InChI=1S/C14H31N3O/c1-5-9-17(10-6-2)11-7-8-16-14(18)12(3)13(4)15/h12-13H,5-11,15H2,1-4H3,(H,16,18). The Morgan fingerprint density at radius 1 is 1.17 bits per heavy atom. The van der Waals surface area contributed by atoms with Crippen LogP contribution >= 0.6 is 0 Å². The molecule has 18 heavy (non-hydrogen) atoms. The van der Waals surface area contributed by atoms with Crippen molar-refractivity contribution in [2.45, 2.75) is 53.0 Å². The molecule has 0 radical (unpaired) electrons. The topological polar surface area (TPSA) is 58.4 Å². The summed E-state index contributed by atoms with van der Waals surface area (Å²) in [7, 11) is 0. The van der Waals surface area contributed by atoms with Gasteiger partial charge in [-0.3, -0.25) is 4.79 Å². The largest absolute Gasteiger partial charge is 0.356 e. The highest BCUT2D eigenvalue weighted by Crippen LogP contribution is 2.00. The Labute approximate surface area is 112 Å². The van der Waals surface area contributed by atoms with Crippen LogP contribution in [0.1, 0.15) is 47.0 Å². The molecule has 3 N–H and O–H groups in total. The lowest BCUT2D eigenvalue weighted by molar-refractivity contribution is -0.124. The molecule has 0 heterocycles. The van der Waals surface area contributed by atoms with Crippen LogP contribution in [0, 0.1) is 5.92 Å². The van der Waals surface area contributed by atoms with E-state index in [0.29, 0.717) is 0 Å². The van der Waals surface area contributed by atoms with Crippen molar-refractivity contribution < 1.29 is 4.79 Å². The van der Waals surface area contributed by atoms with Crippen molar-refractivity contribution >= 4 is 5.91 Å². The highest BCUT2D eigenvalue weighted by Gasteiger charge is 2.16. The first-order valence-electron chi connectivity index (χ1n) is 7.28. The lowest BCUT2D eigenvalue weighted by Gasteiger charge is -2.21. The maximum atomic E-state index is 11.7. The van der Waals surface area contributed by atoms with E-state index in [4.69, 9.17) is 5.73 Å². The number of carbonyl (C=O) groups is 1. The van der Waals surface area contributed by atoms with Crippen LogP contribution in [0.3, 0.4) is 0 Å². The number of nitrogens with zero attached hydrogens (tertiary/aromatic N) is 1. The summed E-state index contributed by atoms with van der Waals surface area (Å²) in [4.78, 5) is 14.1. The van der Waals surface area contributed by atoms with Crippen LogP contribution in [-0.2, 0) is 4.79 Å². The van der Waals surface area contributed by atoms with Gasteiger partial charge in [0.25, 0.3) is 0 Å². The molecule has 0 aromatic heterocycles. The molecule has 0 fully saturated rings. The predicted octanol–water partition coefficient (Wildman–Crippen LogP) is 1.60. The van der Waals surface area contributed by atoms with E-state index in [0.717, 1.165) is 32.6 Å². The van der Waals surface area contributed by atoms with Crippen molar-refractivity contribution in [1.29, 1.82) is 0 Å². The summed E-state index contributed by atoms with van der Waals surface area (Å²) in [5.41, 5.74) is 5.70. The molecule has 4 nitrogen and oxygen atoms in total. The van der Waals surface area contributed by atoms with Gasteiger partial charge < -0.3 is 16.0 Å². The minimum absolute atomic E-state index is 0.0718. The normalized spacial score (nSPS) is 14.6. The molecular formula is C14H31N3O. The van der Waals surface area contributed by atoms with Crippen LogP contribution in [0.5, 0.6) is 0 Å². The Bertz CT molecular complexity index is 213. The van der Waals surface area contributed by atoms with Crippen molar-refractivity contribution in [3.8, 4) is 0 Å². The maximum Gasteiger partial charge on any atom is 0.224 e. The molecular weight excluding hydrogens is 226 g/mol. The van der Waals surface area contributed by atoms with Crippen molar-refractivity contribution in [2.24, 2.45) is 11.7 Å². The van der Waals surface area contributed by atoms with Gasteiger partial charge in [-0.15, -0.1) is 0 Å². The number of hydrogen-bond donors (Lipinski definition) is 2. The van der Waals surface area contributed by atoms with E-state index in [2.05, 4.69) is 24.1 Å². The number of nitrogens with two attached hydrogens (primary N) is 1. The first kappa shape index (κ1) is 17.4. The van der Waals surface area contributed by atoms with E-state index in [1.807, 2.05) is 13.8 Å². The highest BCUT2D eigenvalue weighted by atomic mass is 16.1. The lowest BCUT2D eigenvalue weighted by atomic mass is 10.0. The Morgan fingerprint density at radius 3 is 2.17 bits per heavy atom. The van der Waals surface area contributed by atoms with Crippen molar-refractivity contribution in [3.63, 3.8) is 0 Å². The zero-order valence-corrected chi connectivity index (χ0v) is 12.5. The van der Waals surface area contributed by atoms with E-state index in [-0.39, 0.29) is 17.9 Å². The third-order valence-electron chi connectivity index (χ3n) is 3.23. The van der Waals surface area contributed by atoms with Gasteiger partial charge in [0.2, 0.25) is 5.91 Å². The summed E-state index contributed by atoms with van der Waals surface area (Å²) in [6.07, 6.45) is 3.39. The minimum atomic E-state index is -0.104. The van der Waals surface area contributed by atoms with E-state index < -0.39 is 0 Å². The van der Waals surface area contributed by atoms with Gasteiger partial charge in [0.05, 0.1) is 0 Å². The van der Waals surface area contributed by atoms with Crippen LogP contribution in [-0.4, -0.2) is 43.0 Å². The second-order valence-electron chi connectivity index (χ2n) is 5.13. The Hall–Kier alpha value is -0.610. The predicted molar refractivity (Wildman–Crippen MR) is 77.5 cm³/mol. The summed E-state index contributed by atoms with van der Waals surface area (Å²) in [6, 6.07) is -0.0818. The van der Waals surface area contributed by atoms with Crippen LogP contribution in [0.25, 0.3) is 0 Å². The molecule has 0 saturated carbocycles. The smallest absolute Gasteiger partial charge is 0.224 e. The zero-order chi connectivity index (χ0) is 14.0. The molecule has 1 amide bonds. The van der Waals surface area contributed by atoms with E-state index >= 15 is 0 Å². The fraction of sp³-hybridized carbons (Fsp3) is 0.929. The maximum absolute atomic E-state index is 11.7. The van der Waals surface area contributed by atoms with Crippen LogP contribution in [0.15, 0.2) is 0 Å². The van der Waals surface area contributed by atoms with Crippen molar-refractivity contribution in [1.82, 2.24) is 10.2 Å². The molecule has 0 aliphatic heterocycles. The van der Waals surface area contributed by atoms with Crippen LogP contribution < -0.4 is 11.1 Å². The summed E-state index contributed by atoms with van der Waals surface area (Å²) in [6.45, 7) is 12.3. The van der Waals surface area contributed by atoms with Gasteiger partial charge in [-0.1, -0.05) is 20.8 Å². The molecule has 108 valence electrons. The van der Waals surface area contributed by atoms with E-state index in [9.17, 15) is 4.79 Å². The van der Waals surface area contributed by atoms with E-state index in [1.165, 1.54) is 12.8 Å². The van der Waals surface area contributed by atoms with Crippen molar-refractivity contribution in [2.75, 3.05) is 26.2 Å². The van der Waals surface area contributed by atoms with Gasteiger partial charge in [-0.25, -0.2) is 0 Å². The molecule has 0 aliphatic rings.